The van der Waals surface area contributed by atoms with Crippen LogP contribution in [0.4, 0.5) is 0 Å². The third-order valence-electron chi connectivity index (χ3n) is 13.1. The Morgan fingerprint density at radius 1 is 0.488 bits per heavy atom. The summed E-state index contributed by atoms with van der Waals surface area (Å²) in [6, 6.07) is 19.5. The van der Waals surface area contributed by atoms with Gasteiger partial charge in [-0.05, 0) is 59.6 Å². The highest BCUT2D eigenvalue weighted by Gasteiger charge is 2.36. The highest BCUT2D eigenvalue weighted by atomic mass is 16.4. The maximum atomic E-state index is 14.8. The maximum Gasteiger partial charge on any atom is 0.326 e. The first-order valence-electron chi connectivity index (χ1n) is 26.6. The first-order chi connectivity index (χ1) is 39.0. The van der Waals surface area contributed by atoms with Crippen LogP contribution in [0.1, 0.15) is 74.6 Å². The van der Waals surface area contributed by atoms with Gasteiger partial charge < -0.3 is 75.5 Å². The Balaban J connectivity index is 1.70. The van der Waals surface area contributed by atoms with Crippen LogP contribution in [-0.2, 0) is 73.6 Å². The molecule has 0 aromatic heterocycles. The van der Waals surface area contributed by atoms with Crippen molar-refractivity contribution in [2.24, 2.45) is 33.8 Å². The number of benzene rings is 4. The monoisotopic (exact) mass is 1130 g/mol. The van der Waals surface area contributed by atoms with E-state index >= 15 is 0 Å². The highest BCUT2D eigenvalue weighted by molar-refractivity contribution is 5.98. The van der Waals surface area contributed by atoms with E-state index in [9.17, 15) is 63.3 Å². The number of phenolic OH excluding ortho intramolecular Hbond substituents is 1. The second-order valence-corrected chi connectivity index (χ2v) is 19.7. The number of nitrogens with one attached hydrogen (secondary N) is 7. The third kappa shape index (κ3) is 22.8. The Kier molecular flexibility index (Phi) is 26.4. The summed E-state index contributed by atoms with van der Waals surface area (Å²) in [5.74, 6) is -10.8. The number of guanidine groups is 1. The standard InChI is InChI=1S/C57H74N12O13/c1-3-33(2)48(55(80)68-45(56(81)82)31-36-18-11-6-12-19-36)69-51(76)40(20-13-27-62-57(60)61)64-52(77)42(28-34-14-7-4-8-15-34)66-53(78)43(29-35-16-9-5-10-17-35)67-54(79)44(30-37-21-23-38(70)24-22-37)65-50(75)41(25-26-47(72)73)63-49(74)39(58)32-46(59)71/h4-12,14-19,21-24,33,39-45,48,70H,3,13,20,25-32,58H2,1-2H3,(H2,59,71)(H,63,74)(H,64,77)(H,65,75)(H,66,78)(H,67,79)(H,68,80)(H,69,76)(H,72,73)(H,81,82)(H4,60,61,62)/t33-,39-,40-,41-,42-,43-,44-,45-,48-/m0/s1. The van der Waals surface area contributed by atoms with Crippen LogP contribution in [0, 0.1) is 5.92 Å². The van der Waals surface area contributed by atoms with Crippen molar-refractivity contribution in [2.75, 3.05) is 6.54 Å². The topological polar surface area (TPSA) is 432 Å². The molecule has 4 aromatic carbocycles. The highest BCUT2D eigenvalue weighted by Crippen LogP contribution is 2.16. The number of carbonyl (C=O) groups excluding carboxylic acids is 8. The molecule has 0 fully saturated rings. The molecule has 0 radical (unpaired) electrons. The Hall–Kier alpha value is -9.39. The molecular formula is C57H74N12O13. The van der Waals surface area contributed by atoms with Crippen LogP contribution < -0.4 is 60.2 Å². The zero-order valence-electron chi connectivity index (χ0n) is 45.6. The largest absolute Gasteiger partial charge is 0.508 e. The number of aliphatic carboxylic acids is 2. The van der Waals surface area contributed by atoms with Gasteiger partial charge in [-0.1, -0.05) is 123 Å². The first kappa shape index (κ1) is 65.1. The van der Waals surface area contributed by atoms with Crippen LogP contribution in [0.15, 0.2) is 120 Å². The van der Waals surface area contributed by atoms with Crippen molar-refractivity contribution in [3.8, 4) is 5.75 Å². The third-order valence-corrected chi connectivity index (χ3v) is 13.1. The van der Waals surface area contributed by atoms with E-state index in [0.29, 0.717) is 28.7 Å². The molecule has 0 saturated carbocycles. The number of phenols is 1. The molecule has 0 bridgehead atoms. The number of aromatic hydroxyl groups is 1. The van der Waals surface area contributed by atoms with Crippen LogP contribution >= 0.6 is 0 Å². The molecule has 25 heteroatoms. The molecule has 25 nitrogen and oxygen atoms in total. The van der Waals surface area contributed by atoms with Gasteiger partial charge in [-0.2, -0.15) is 0 Å². The number of carbonyl (C=O) groups is 10. The number of carboxylic acids is 2. The van der Waals surface area contributed by atoms with Crippen molar-refractivity contribution in [3.05, 3.63) is 138 Å². The van der Waals surface area contributed by atoms with Gasteiger partial charge in [0.25, 0.3) is 0 Å². The van der Waals surface area contributed by atoms with Crippen molar-refractivity contribution in [3.63, 3.8) is 0 Å². The number of carboxylic acid groups (broad SMARTS) is 2. The summed E-state index contributed by atoms with van der Waals surface area (Å²) in [5.41, 5.74) is 24.3. The summed E-state index contributed by atoms with van der Waals surface area (Å²) in [7, 11) is 0. The average Bonchev–Trinajstić information content (AvgIpc) is 3.55. The minimum Gasteiger partial charge on any atom is -0.508 e. The molecule has 18 N–H and O–H groups in total. The van der Waals surface area contributed by atoms with E-state index in [1.54, 1.807) is 105 Å². The zero-order valence-corrected chi connectivity index (χ0v) is 45.6. The SMILES string of the molecule is CC[C@H](C)[C@H](NC(=O)[C@H](CCCN=C(N)N)NC(=O)[C@H](Cc1ccccc1)NC(=O)[C@H](Cc1ccccc1)NC(=O)[C@H](Cc1ccc(O)cc1)NC(=O)[C@H](CCC(=O)O)NC(=O)[C@@H](N)CC(N)=O)C(=O)N[C@@H](Cc1ccccc1)C(=O)O. The lowest BCUT2D eigenvalue weighted by Gasteiger charge is -2.29. The Bertz CT molecular complexity index is 2820. The lowest BCUT2D eigenvalue weighted by Crippen LogP contribution is -2.61. The molecule has 0 saturated heterocycles. The predicted molar refractivity (Wildman–Crippen MR) is 301 cm³/mol. The summed E-state index contributed by atoms with van der Waals surface area (Å²) >= 11 is 0. The fourth-order valence-corrected chi connectivity index (χ4v) is 8.45. The summed E-state index contributed by atoms with van der Waals surface area (Å²) in [6.45, 7) is 3.49. The van der Waals surface area contributed by atoms with Crippen LogP contribution in [-0.4, -0.2) is 135 Å². The smallest absolute Gasteiger partial charge is 0.326 e. The summed E-state index contributed by atoms with van der Waals surface area (Å²) in [4.78, 5) is 139. The van der Waals surface area contributed by atoms with E-state index in [2.05, 4.69) is 42.2 Å². The molecule has 9 atom stereocenters. The number of primary amides is 1. The van der Waals surface area contributed by atoms with Gasteiger partial charge in [-0.3, -0.25) is 48.1 Å². The Morgan fingerprint density at radius 3 is 1.28 bits per heavy atom. The number of nitrogens with zero attached hydrogens (tertiary/aromatic N) is 1. The molecule has 4 aromatic rings. The van der Waals surface area contributed by atoms with E-state index in [-0.39, 0.29) is 56.8 Å². The van der Waals surface area contributed by atoms with Crippen molar-refractivity contribution in [2.45, 2.75) is 126 Å². The summed E-state index contributed by atoms with van der Waals surface area (Å²) in [5, 5.41) is 47.9. The van der Waals surface area contributed by atoms with Crippen molar-refractivity contribution in [1.82, 2.24) is 37.2 Å². The van der Waals surface area contributed by atoms with Gasteiger partial charge in [0.1, 0.15) is 48.0 Å². The molecule has 0 aliphatic carbocycles. The van der Waals surface area contributed by atoms with Crippen LogP contribution in [0.3, 0.4) is 0 Å². The minimum atomic E-state index is -1.61. The molecule has 0 unspecified atom stereocenters. The molecule has 0 aliphatic rings. The number of hydrogen-bond acceptors (Lipinski definition) is 13. The number of rotatable bonds is 34. The van der Waals surface area contributed by atoms with Gasteiger partial charge >= 0.3 is 11.9 Å². The van der Waals surface area contributed by atoms with E-state index < -0.39 is 133 Å². The molecule has 0 heterocycles. The Morgan fingerprint density at radius 2 is 0.866 bits per heavy atom. The fourth-order valence-electron chi connectivity index (χ4n) is 8.45. The summed E-state index contributed by atoms with van der Waals surface area (Å²) in [6.07, 6.45) is -1.98. The van der Waals surface area contributed by atoms with Gasteiger partial charge in [-0.25, -0.2) is 4.79 Å². The molecular weight excluding hydrogens is 1060 g/mol. The van der Waals surface area contributed by atoms with E-state index in [0.717, 1.165) is 0 Å². The molecule has 4 rings (SSSR count). The van der Waals surface area contributed by atoms with Crippen LogP contribution in [0.2, 0.25) is 0 Å². The van der Waals surface area contributed by atoms with E-state index in [1.807, 2.05) is 0 Å². The summed E-state index contributed by atoms with van der Waals surface area (Å²) < 4.78 is 0. The Labute approximate surface area is 474 Å². The second-order valence-electron chi connectivity index (χ2n) is 19.7. The second kappa shape index (κ2) is 33.3. The zero-order chi connectivity index (χ0) is 60.3. The van der Waals surface area contributed by atoms with Gasteiger partial charge in [-0.15, -0.1) is 0 Å². The van der Waals surface area contributed by atoms with Crippen molar-refractivity contribution < 1.29 is 63.3 Å². The van der Waals surface area contributed by atoms with Gasteiger partial charge in [0, 0.05) is 38.6 Å². The molecule has 440 valence electrons. The fraction of sp³-hybridized carbons (Fsp3) is 0.386. The normalized spacial score (nSPS) is 14.2. The van der Waals surface area contributed by atoms with Crippen LogP contribution in [0.5, 0.6) is 5.75 Å². The quantitative estimate of drug-likeness (QED) is 0.0156. The van der Waals surface area contributed by atoms with Crippen LogP contribution in [0.25, 0.3) is 0 Å². The maximum absolute atomic E-state index is 14.8. The van der Waals surface area contributed by atoms with Crippen molar-refractivity contribution in [1.29, 1.82) is 0 Å². The number of hydrogen-bond donors (Lipinski definition) is 14. The number of aliphatic imine (C=N–C) groups is 1. The molecule has 0 aliphatic heterocycles. The number of amides is 8. The minimum absolute atomic E-state index is 0.0268. The van der Waals surface area contributed by atoms with E-state index in [4.69, 9.17) is 22.9 Å². The van der Waals surface area contributed by atoms with Gasteiger partial charge in [0.15, 0.2) is 5.96 Å². The lowest BCUT2D eigenvalue weighted by atomic mass is 9.96. The molecule has 0 spiro atoms. The number of nitrogens with two attached hydrogens (primary N) is 4. The molecule has 82 heavy (non-hydrogen) atoms. The first-order valence-corrected chi connectivity index (χ1v) is 26.6. The van der Waals surface area contributed by atoms with Crippen molar-refractivity contribution >= 4 is 65.2 Å². The lowest BCUT2D eigenvalue weighted by molar-refractivity contribution is -0.142. The van der Waals surface area contributed by atoms with E-state index in [1.165, 1.54) is 24.3 Å². The molecule has 8 amide bonds. The van der Waals surface area contributed by atoms with Gasteiger partial charge in [0.05, 0.1) is 12.5 Å². The predicted octanol–water partition coefficient (Wildman–Crippen LogP) is -0.692. The van der Waals surface area contributed by atoms with Gasteiger partial charge in [0.2, 0.25) is 47.3 Å². The average molecular weight is 1140 g/mol.